The fourth-order valence-electron chi connectivity index (χ4n) is 6.11. The Labute approximate surface area is 222 Å². The largest absolute Gasteiger partial charge is 0.369 e. The number of hydrogen-bond acceptors (Lipinski definition) is 7. The zero-order chi connectivity index (χ0) is 26.2. The number of fused-ring (bicyclic) bond motifs is 1. The highest BCUT2D eigenvalue weighted by molar-refractivity contribution is 5.94. The molecule has 0 aliphatic carbocycles. The molecule has 2 aromatic carbocycles. The van der Waals surface area contributed by atoms with Gasteiger partial charge in [0.2, 0.25) is 0 Å². The van der Waals surface area contributed by atoms with Crippen LogP contribution in [0.5, 0.6) is 0 Å². The molecule has 0 radical (unpaired) electrons. The molecular weight excluding hydrogens is 488 g/mol. The first-order valence-electron chi connectivity index (χ1n) is 13.7. The SMILES string of the molecule is CN1CCN(c2ccc(C(=O)NC3NNC4CNC(c5c(F)cc(CN6CCC6)cc5F)CC43)cc2)CC1. The number of nitrogens with zero attached hydrogens (tertiary/aromatic N) is 3. The van der Waals surface area contributed by atoms with E-state index in [1.807, 2.05) is 24.3 Å². The van der Waals surface area contributed by atoms with Gasteiger partial charge in [-0.05, 0) is 74.9 Å². The van der Waals surface area contributed by atoms with Gasteiger partial charge in [-0.2, -0.15) is 0 Å². The third-order valence-electron chi connectivity index (χ3n) is 8.59. The minimum Gasteiger partial charge on any atom is -0.369 e. The number of amides is 1. The number of likely N-dealkylation sites (N-methyl/N-ethyl adjacent to an activating group) is 1. The molecule has 4 unspecified atom stereocenters. The molecule has 10 heteroatoms. The van der Waals surface area contributed by atoms with Crippen molar-refractivity contribution in [2.75, 3.05) is 57.8 Å². The van der Waals surface area contributed by atoms with E-state index in [4.69, 9.17) is 0 Å². The smallest absolute Gasteiger partial charge is 0.252 e. The maximum Gasteiger partial charge on any atom is 0.252 e. The first-order chi connectivity index (χ1) is 18.4. The lowest BCUT2D eigenvalue weighted by molar-refractivity contribution is 0.0913. The Morgan fingerprint density at radius 3 is 2.37 bits per heavy atom. The average molecular weight is 526 g/mol. The summed E-state index contributed by atoms with van der Waals surface area (Å²) < 4.78 is 30.2. The molecule has 4 heterocycles. The molecule has 4 atom stereocenters. The molecule has 4 saturated heterocycles. The lowest BCUT2D eigenvalue weighted by Gasteiger charge is -2.35. The number of likely N-dealkylation sites (tertiary alicyclic amines) is 1. The van der Waals surface area contributed by atoms with Crippen molar-refractivity contribution >= 4 is 11.6 Å². The molecule has 1 amide bonds. The van der Waals surface area contributed by atoms with Crippen molar-refractivity contribution < 1.29 is 13.6 Å². The van der Waals surface area contributed by atoms with Gasteiger partial charge < -0.3 is 20.4 Å². The van der Waals surface area contributed by atoms with Crippen molar-refractivity contribution in [3.63, 3.8) is 0 Å². The summed E-state index contributed by atoms with van der Waals surface area (Å²) in [6.45, 7) is 7.07. The first kappa shape index (κ1) is 25.6. The molecule has 4 N–H and O–H groups in total. The Hall–Kier alpha value is -2.63. The minimum absolute atomic E-state index is 0.0191. The number of hydrogen-bond donors (Lipinski definition) is 4. The van der Waals surface area contributed by atoms with E-state index in [1.54, 1.807) is 0 Å². The average Bonchev–Trinajstić information content (AvgIpc) is 3.28. The topological polar surface area (TPSA) is 74.9 Å². The van der Waals surface area contributed by atoms with Crippen molar-refractivity contribution in [3.8, 4) is 0 Å². The second kappa shape index (κ2) is 10.9. The van der Waals surface area contributed by atoms with Crippen LogP contribution in [0.15, 0.2) is 36.4 Å². The fraction of sp³-hybridized carbons (Fsp3) is 0.536. The number of rotatable bonds is 6. The van der Waals surface area contributed by atoms with E-state index in [9.17, 15) is 4.79 Å². The summed E-state index contributed by atoms with van der Waals surface area (Å²) in [5.74, 6) is -1.19. The van der Waals surface area contributed by atoms with Crippen LogP contribution < -0.4 is 26.4 Å². The predicted molar refractivity (Wildman–Crippen MR) is 143 cm³/mol. The molecule has 6 rings (SSSR count). The summed E-state index contributed by atoms with van der Waals surface area (Å²) in [6.07, 6.45) is 1.29. The van der Waals surface area contributed by atoms with Gasteiger partial charge in [-0.1, -0.05) is 0 Å². The second-order valence-corrected chi connectivity index (χ2v) is 11.1. The third-order valence-corrected chi connectivity index (χ3v) is 8.59. The number of anilines is 1. The van der Waals surface area contributed by atoms with Gasteiger partial charge in [0.25, 0.3) is 5.91 Å². The highest BCUT2D eigenvalue weighted by atomic mass is 19.1. The Balaban J connectivity index is 1.09. The van der Waals surface area contributed by atoms with Crippen LogP contribution in [-0.2, 0) is 6.54 Å². The number of hydrazine groups is 1. The number of benzene rings is 2. The van der Waals surface area contributed by atoms with Crippen LogP contribution in [0, 0.1) is 17.6 Å². The first-order valence-corrected chi connectivity index (χ1v) is 13.7. The van der Waals surface area contributed by atoms with Crippen molar-refractivity contribution in [1.82, 2.24) is 31.3 Å². The summed E-state index contributed by atoms with van der Waals surface area (Å²) in [5.41, 5.74) is 8.89. The zero-order valence-electron chi connectivity index (χ0n) is 21.9. The maximum absolute atomic E-state index is 15.1. The Bertz CT molecular complexity index is 1130. The van der Waals surface area contributed by atoms with Gasteiger partial charge >= 0.3 is 0 Å². The standard InChI is InChI=1S/C28H37F2N7O/c1-35-9-11-37(12-10-35)20-5-3-19(4-6-20)28(38)32-27-21-15-24(31-16-25(21)33-34-27)26-22(29)13-18(14-23(26)30)17-36-7-2-8-36/h3-6,13-14,21,24-25,27,31,33-34H,2,7-12,15-17H2,1H3,(H,32,38). The highest BCUT2D eigenvalue weighted by Crippen LogP contribution is 2.34. The molecule has 4 fully saturated rings. The maximum atomic E-state index is 15.1. The zero-order valence-corrected chi connectivity index (χ0v) is 21.9. The molecule has 4 aliphatic rings. The van der Waals surface area contributed by atoms with Gasteiger partial charge in [-0.15, -0.1) is 0 Å². The molecule has 38 heavy (non-hydrogen) atoms. The van der Waals surface area contributed by atoms with Gasteiger partial charge in [0.1, 0.15) is 11.6 Å². The van der Waals surface area contributed by atoms with Crippen LogP contribution >= 0.6 is 0 Å². The summed E-state index contributed by atoms with van der Waals surface area (Å²) in [5, 5.41) is 6.39. The van der Waals surface area contributed by atoms with Crippen molar-refractivity contribution in [2.45, 2.75) is 37.6 Å². The minimum atomic E-state index is -0.503. The van der Waals surface area contributed by atoms with Gasteiger partial charge in [0, 0.05) is 74.1 Å². The summed E-state index contributed by atoms with van der Waals surface area (Å²) >= 11 is 0. The van der Waals surface area contributed by atoms with Gasteiger partial charge in [-0.25, -0.2) is 14.2 Å². The molecule has 8 nitrogen and oxygen atoms in total. The molecule has 0 saturated carbocycles. The molecular formula is C28H37F2N7O. The molecule has 4 aliphatic heterocycles. The van der Waals surface area contributed by atoms with E-state index < -0.39 is 17.7 Å². The quantitative estimate of drug-likeness (QED) is 0.459. The monoisotopic (exact) mass is 525 g/mol. The van der Waals surface area contributed by atoms with Crippen molar-refractivity contribution in [1.29, 1.82) is 0 Å². The number of halogens is 2. The van der Waals surface area contributed by atoms with E-state index in [1.165, 1.54) is 12.1 Å². The summed E-state index contributed by atoms with van der Waals surface area (Å²) in [4.78, 5) is 19.9. The van der Waals surface area contributed by atoms with Crippen LogP contribution in [0.2, 0.25) is 0 Å². The van der Waals surface area contributed by atoms with E-state index in [-0.39, 0.29) is 29.6 Å². The number of nitrogens with one attached hydrogen (secondary N) is 4. The van der Waals surface area contributed by atoms with Crippen molar-refractivity contribution in [2.24, 2.45) is 5.92 Å². The second-order valence-electron chi connectivity index (χ2n) is 11.1. The number of piperidine rings is 1. The van der Waals surface area contributed by atoms with E-state index in [0.717, 1.165) is 51.4 Å². The number of piperazine rings is 1. The lowest BCUT2D eigenvalue weighted by Crippen LogP contribution is -2.50. The summed E-state index contributed by atoms with van der Waals surface area (Å²) in [7, 11) is 2.13. The van der Waals surface area contributed by atoms with Crippen LogP contribution in [-0.4, -0.2) is 80.8 Å². The molecule has 2 aromatic rings. The summed E-state index contributed by atoms with van der Waals surface area (Å²) in [6, 6.07) is 10.3. The normalized spacial score (nSPS) is 28.1. The lowest BCUT2D eigenvalue weighted by atomic mass is 9.84. The molecule has 0 bridgehead atoms. The van der Waals surface area contributed by atoms with Crippen LogP contribution in [0.1, 0.15) is 40.4 Å². The number of carbonyl (C=O) groups is 1. The fourth-order valence-corrected chi connectivity index (χ4v) is 6.11. The molecule has 204 valence electrons. The van der Waals surface area contributed by atoms with E-state index >= 15 is 8.78 Å². The van der Waals surface area contributed by atoms with Crippen LogP contribution in [0.4, 0.5) is 14.5 Å². The highest BCUT2D eigenvalue weighted by Gasteiger charge is 2.42. The molecule has 0 spiro atoms. The Kier molecular flexibility index (Phi) is 7.33. The third kappa shape index (κ3) is 5.28. The van der Waals surface area contributed by atoms with Crippen LogP contribution in [0.25, 0.3) is 0 Å². The van der Waals surface area contributed by atoms with E-state index in [2.05, 4.69) is 43.2 Å². The van der Waals surface area contributed by atoms with Gasteiger partial charge in [-0.3, -0.25) is 15.1 Å². The Morgan fingerprint density at radius 2 is 1.71 bits per heavy atom. The van der Waals surface area contributed by atoms with Crippen molar-refractivity contribution in [3.05, 3.63) is 64.7 Å². The number of carbonyl (C=O) groups excluding carboxylic acids is 1. The van der Waals surface area contributed by atoms with Gasteiger partial charge in [0.15, 0.2) is 0 Å². The van der Waals surface area contributed by atoms with E-state index in [0.29, 0.717) is 30.6 Å². The van der Waals surface area contributed by atoms with Gasteiger partial charge in [0.05, 0.1) is 6.17 Å². The molecule has 0 aromatic heterocycles. The van der Waals surface area contributed by atoms with Crippen LogP contribution in [0.3, 0.4) is 0 Å². The Morgan fingerprint density at radius 1 is 1.00 bits per heavy atom. The predicted octanol–water partition coefficient (Wildman–Crippen LogP) is 1.81.